The number of aromatic nitrogens is 3. The fourth-order valence-electron chi connectivity index (χ4n) is 2.30. The Balaban J connectivity index is 1.65. The molecule has 1 heterocycles. The van der Waals surface area contributed by atoms with Gasteiger partial charge in [0.25, 0.3) is 5.56 Å². The first-order valence-electron chi connectivity index (χ1n) is 8.09. The van der Waals surface area contributed by atoms with Gasteiger partial charge in [-0.15, -0.1) is 10.2 Å². The molecule has 0 saturated carbocycles. The second-order valence-corrected chi connectivity index (χ2v) is 7.10. The van der Waals surface area contributed by atoms with Crippen molar-refractivity contribution in [2.75, 3.05) is 16.9 Å². The van der Waals surface area contributed by atoms with Gasteiger partial charge in [0.1, 0.15) is 11.5 Å². The Bertz CT molecular complexity index is 1060. The Morgan fingerprint density at radius 1 is 1.18 bits per heavy atom. The molecule has 0 radical (unpaired) electrons. The Morgan fingerprint density at radius 3 is 2.61 bits per heavy atom. The van der Waals surface area contributed by atoms with Crippen LogP contribution in [0.25, 0.3) is 0 Å². The highest BCUT2D eigenvalue weighted by Gasteiger charge is 2.14. The Kier molecular flexibility index (Phi) is 6.27. The summed E-state index contributed by atoms with van der Waals surface area (Å²) in [4.78, 5) is 24.4. The van der Waals surface area contributed by atoms with E-state index in [2.05, 4.69) is 15.5 Å². The molecule has 0 unspecified atom stereocenters. The van der Waals surface area contributed by atoms with Gasteiger partial charge in [-0.2, -0.15) is 4.68 Å². The number of amides is 1. The average molecular weight is 420 g/mol. The zero-order chi connectivity index (χ0) is 20.1. The van der Waals surface area contributed by atoms with Crippen LogP contribution in [-0.2, 0) is 11.2 Å². The summed E-state index contributed by atoms with van der Waals surface area (Å²) in [6.45, 7) is 0. The standard InChI is InChI=1S/C18H15ClFN5O2S/c19-12-7-5-11(6-8-12)9-15-17(27)25(21)18(24-23-15)28-10-16(26)22-14-4-2-1-3-13(14)20/h1-8H,9-10,21H2,(H,22,26). The van der Waals surface area contributed by atoms with Crippen molar-refractivity contribution in [2.45, 2.75) is 11.6 Å². The predicted octanol–water partition coefficient (Wildman–Crippen LogP) is 2.47. The second-order valence-electron chi connectivity index (χ2n) is 5.72. The van der Waals surface area contributed by atoms with E-state index in [1.165, 1.54) is 18.2 Å². The van der Waals surface area contributed by atoms with Crippen molar-refractivity contribution >= 4 is 35.0 Å². The number of carbonyl (C=O) groups excluding carboxylic acids is 1. The molecule has 0 aliphatic rings. The molecule has 1 aromatic heterocycles. The molecule has 0 bridgehead atoms. The first-order chi connectivity index (χ1) is 13.4. The van der Waals surface area contributed by atoms with Gasteiger partial charge in [-0.3, -0.25) is 9.59 Å². The van der Waals surface area contributed by atoms with Crippen LogP contribution in [0.4, 0.5) is 10.1 Å². The quantitative estimate of drug-likeness (QED) is 0.470. The van der Waals surface area contributed by atoms with Gasteiger partial charge in [0.15, 0.2) is 0 Å². The lowest BCUT2D eigenvalue weighted by atomic mass is 10.1. The molecular weight excluding hydrogens is 405 g/mol. The van der Waals surface area contributed by atoms with Gasteiger partial charge in [0, 0.05) is 11.4 Å². The SMILES string of the molecule is Nn1c(SCC(=O)Nc2ccccc2F)nnc(Cc2ccc(Cl)cc2)c1=O. The maximum absolute atomic E-state index is 13.6. The van der Waals surface area contributed by atoms with Crippen LogP contribution in [0.15, 0.2) is 58.5 Å². The highest BCUT2D eigenvalue weighted by Crippen LogP contribution is 2.16. The first kappa shape index (κ1) is 19.8. The minimum atomic E-state index is -0.539. The fraction of sp³-hybridized carbons (Fsp3) is 0.111. The molecule has 0 atom stereocenters. The van der Waals surface area contributed by atoms with E-state index in [4.69, 9.17) is 17.4 Å². The van der Waals surface area contributed by atoms with Crippen LogP contribution in [0.2, 0.25) is 5.02 Å². The smallest absolute Gasteiger partial charge is 0.294 e. The molecule has 7 nitrogen and oxygen atoms in total. The Morgan fingerprint density at radius 2 is 1.89 bits per heavy atom. The van der Waals surface area contributed by atoms with Crippen LogP contribution in [-0.4, -0.2) is 26.5 Å². The van der Waals surface area contributed by atoms with Gasteiger partial charge in [0.2, 0.25) is 11.1 Å². The van der Waals surface area contributed by atoms with Crippen molar-refractivity contribution in [2.24, 2.45) is 0 Å². The molecule has 1 amide bonds. The zero-order valence-electron chi connectivity index (χ0n) is 14.4. The van der Waals surface area contributed by atoms with E-state index >= 15 is 0 Å². The number of benzene rings is 2. The molecule has 3 N–H and O–H groups in total. The van der Waals surface area contributed by atoms with Gasteiger partial charge >= 0.3 is 0 Å². The van der Waals surface area contributed by atoms with Gasteiger partial charge in [0.05, 0.1) is 11.4 Å². The number of thioether (sulfide) groups is 1. The number of nitrogens with one attached hydrogen (secondary N) is 1. The van der Waals surface area contributed by atoms with Crippen LogP contribution in [0, 0.1) is 5.82 Å². The molecule has 0 aliphatic carbocycles. The molecule has 2 aromatic carbocycles. The third kappa shape index (κ3) is 4.87. The number of nitrogens with two attached hydrogens (primary N) is 1. The fourth-order valence-corrected chi connectivity index (χ4v) is 3.08. The number of nitrogen functional groups attached to an aromatic ring is 1. The summed E-state index contributed by atoms with van der Waals surface area (Å²) in [5, 5.41) is 11.0. The molecule has 3 aromatic rings. The number of nitrogens with zero attached hydrogens (tertiary/aromatic N) is 3. The molecule has 0 aliphatic heterocycles. The number of carbonyl (C=O) groups is 1. The van der Waals surface area contributed by atoms with Crippen molar-refractivity contribution in [3.8, 4) is 0 Å². The topological polar surface area (TPSA) is 103 Å². The average Bonchev–Trinajstić information content (AvgIpc) is 2.68. The van der Waals surface area contributed by atoms with Crippen LogP contribution >= 0.6 is 23.4 Å². The summed E-state index contributed by atoms with van der Waals surface area (Å²) in [7, 11) is 0. The summed E-state index contributed by atoms with van der Waals surface area (Å²) in [5.41, 5.74) is 0.565. The number of rotatable bonds is 6. The molecule has 0 fully saturated rings. The molecule has 0 spiro atoms. The number of halogens is 2. The lowest BCUT2D eigenvalue weighted by Crippen LogP contribution is -2.34. The van der Waals surface area contributed by atoms with Gasteiger partial charge < -0.3 is 11.2 Å². The second kappa shape index (κ2) is 8.85. The van der Waals surface area contributed by atoms with Crippen molar-refractivity contribution in [3.63, 3.8) is 0 Å². The number of anilines is 1. The van der Waals surface area contributed by atoms with Crippen LogP contribution in [0.3, 0.4) is 0 Å². The normalized spacial score (nSPS) is 10.6. The highest BCUT2D eigenvalue weighted by molar-refractivity contribution is 7.99. The lowest BCUT2D eigenvalue weighted by Gasteiger charge is -2.08. The van der Waals surface area contributed by atoms with Crippen LogP contribution in [0.1, 0.15) is 11.3 Å². The van der Waals surface area contributed by atoms with Crippen LogP contribution < -0.4 is 16.7 Å². The van der Waals surface area contributed by atoms with E-state index in [-0.39, 0.29) is 28.7 Å². The van der Waals surface area contributed by atoms with E-state index in [9.17, 15) is 14.0 Å². The maximum Gasteiger partial charge on any atom is 0.294 e. The van der Waals surface area contributed by atoms with E-state index in [1.807, 2.05) is 0 Å². The van der Waals surface area contributed by atoms with Gasteiger partial charge in [-0.05, 0) is 29.8 Å². The van der Waals surface area contributed by atoms with E-state index < -0.39 is 17.3 Å². The van der Waals surface area contributed by atoms with E-state index in [0.717, 1.165) is 22.0 Å². The maximum atomic E-state index is 13.6. The summed E-state index contributed by atoms with van der Waals surface area (Å²) >= 11 is 6.77. The van der Waals surface area contributed by atoms with Gasteiger partial charge in [-0.1, -0.05) is 47.6 Å². The minimum Gasteiger partial charge on any atom is -0.334 e. The third-order valence-electron chi connectivity index (χ3n) is 3.69. The summed E-state index contributed by atoms with van der Waals surface area (Å²) in [6.07, 6.45) is 0.249. The predicted molar refractivity (Wildman–Crippen MR) is 106 cm³/mol. The first-order valence-corrected chi connectivity index (χ1v) is 9.45. The lowest BCUT2D eigenvalue weighted by molar-refractivity contribution is -0.113. The number of hydrogen-bond acceptors (Lipinski definition) is 6. The third-order valence-corrected chi connectivity index (χ3v) is 4.89. The van der Waals surface area contributed by atoms with Crippen molar-refractivity contribution < 1.29 is 9.18 Å². The Labute approximate surface area is 168 Å². The van der Waals surface area contributed by atoms with E-state index in [1.54, 1.807) is 30.3 Å². The molecule has 144 valence electrons. The van der Waals surface area contributed by atoms with Crippen molar-refractivity contribution in [1.82, 2.24) is 14.9 Å². The monoisotopic (exact) mass is 419 g/mol. The van der Waals surface area contributed by atoms with Crippen molar-refractivity contribution in [1.29, 1.82) is 0 Å². The summed E-state index contributed by atoms with van der Waals surface area (Å²) < 4.78 is 14.4. The van der Waals surface area contributed by atoms with E-state index in [0.29, 0.717) is 5.02 Å². The van der Waals surface area contributed by atoms with Crippen LogP contribution in [0.5, 0.6) is 0 Å². The van der Waals surface area contributed by atoms with Crippen molar-refractivity contribution in [3.05, 3.63) is 81.0 Å². The number of para-hydroxylation sites is 1. The summed E-state index contributed by atoms with van der Waals surface area (Å²) in [5.74, 6) is 4.67. The largest absolute Gasteiger partial charge is 0.334 e. The van der Waals surface area contributed by atoms with Gasteiger partial charge in [-0.25, -0.2) is 4.39 Å². The summed E-state index contributed by atoms with van der Waals surface area (Å²) in [6, 6.07) is 12.8. The zero-order valence-corrected chi connectivity index (χ0v) is 16.0. The molecule has 10 heteroatoms. The molecule has 28 heavy (non-hydrogen) atoms. The minimum absolute atomic E-state index is 0.0719. The number of hydrogen-bond donors (Lipinski definition) is 2. The molecule has 3 rings (SSSR count). The highest BCUT2D eigenvalue weighted by atomic mass is 35.5. The molecule has 0 saturated heterocycles. The molecular formula is C18H15ClFN5O2S. The Hall–Kier alpha value is -2.91.